The smallest absolute Gasteiger partial charge is 0.325 e. The van der Waals surface area contributed by atoms with E-state index in [2.05, 4.69) is 15.0 Å². The largest absolute Gasteiger partial charge is 0.382 e. The number of rotatable bonds is 5. The van der Waals surface area contributed by atoms with Crippen molar-refractivity contribution in [1.82, 2.24) is 19.5 Å². The lowest BCUT2D eigenvalue weighted by Crippen LogP contribution is -2.27. The lowest BCUT2D eigenvalue weighted by Gasteiger charge is -2.19. The SMILES string of the molecule is COC[C@H]1O[C@@H](n2cnc3c(=O)[nH]cnc32)CC1O[P@](C)(=O)O. The number of methoxy groups -OCH3 is 1. The number of imidazole rings is 1. The summed E-state index contributed by atoms with van der Waals surface area (Å²) in [5.74, 6) is 0. The molecule has 1 unspecified atom stereocenters. The van der Waals surface area contributed by atoms with Crippen LogP contribution in [0, 0.1) is 0 Å². The minimum absolute atomic E-state index is 0.201. The molecule has 1 saturated heterocycles. The van der Waals surface area contributed by atoms with E-state index in [-0.39, 0.29) is 17.7 Å². The molecule has 0 aliphatic carbocycles. The fourth-order valence-corrected chi connectivity index (χ4v) is 3.35. The molecule has 126 valence electrons. The molecular weight excluding hydrogens is 327 g/mol. The highest BCUT2D eigenvalue weighted by atomic mass is 31.2. The van der Waals surface area contributed by atoms with Gasteiger partial charge in [0.25, 0.3) is 5.56 Å². The number of ether oxygens (including phenoxy) is 2. The number of aromatic amines is 1. The maximum Gasteiger partial charge on any atom is 0.325 e. The molecule has 0 spiro atoms. The quantitative estimate of drug-likeness (QED) is 0.739. The molecule has 0 radical (unpaired) electrons. The minimum atomic E-state index is -3.67. The molecule has 2 N–H and O–H groups in total. The minimum Gasteiger partial charge on any atom is -0.382 e. The summed E-state index contributed by atoms with van der Waals surface area (Å²) in [7, 11) is -2.16. The Bertz CT molecular complexity index is 798. The van der Waals surface area contributed by atoms with E-state index in [4.69, 9.17) is 14.0 Å². The highest BCUT2D eigenvalue weighted by molar-refractivity contribution is 7.51. The predicted molar refractivity (Wildman–Crippen MR) is 79.2 cm³/mol. The third-order valence-electron chi connectivity index (χ3n) is 3.52. The second kappa shape index (κ2) is 6.14. The van der Waals surface area contributed by atoms with E-state index in [1.54, 1.807) is 4.57 Å². The Labute approximate surface area is 130 Å². The van der Waals surface area contributed by atoms with Crippen LogP contribution in [0.2, 0.25) is 0 Å². The summed E-state index contributed by atoms with van der Waals surface area (Å²) >= 11 is 0. The lowest BCUT2D eigenvalue weighted by molar-refractivity contribution is -0.0493. The molecule has 10 nitrogen and oxygen atoms in total. The maximum absolute atomic E-state index is 11.7. The van der Waals surface area contributed by atoms with Crippen molar-refractivity contribution in [2.45, 2.75) is 24.9 Å². The number of hydrogen-bond donors (Lipinski definition) is 2. The molecule has 11 heteroatoms. The normalized spacial score (nSPS) is 27.3. The number of nitrogens with one attached hydrogen (secondary N) is 1. The molecule has 2 aromatic rings. The van der Waals surface area contributed by atoms with Crippen LogP contribution in [0.15, 0.2) is 17.4 Å². The van der Waals surface area contributed by atoms with Gasteiger partial charge in [0.1, 0.15) is 12.3 Å². The molecular formula is C12H17N4O6P. The molecule has 23 heavy (non-hydrogen) atoms. The van der Waals surface area contributed by atoms with Crippen LogP contribution in [0.5, 0.6) is 0 Å². The summed E-state index contributed by atoms with van der Waals surface area (Å²) in [5, 5.41) is 0. The van der Waals surface area contributed by atoms with Gasteiger partial charge in [0.15, 0.2) is 11.2 Å². The Morgan fingerprint density at radius 1 is 1.57 bits per heavy atom. The fraction of sp³-hybridized carbons (Fsp3) is 0.583. The number of aromatic nitrogens is 4. The highest BCUT2D eigenvalue weighted by Crippen LogP contribution is 2.44. The first-order valence-corrected chi connectivity index (χ1v) is 8.95. The van der Waals surface area contributed by atoms with Gasteiger partial charge in [-0.05, 0) is 0 Å². The number of fused-ring (bicyclic) bond motifs is 1. The van der Waals surface area contributed by atoms with Gasteiger partial charge in [-0.25, -0.2) is 9.97 Å². The average molecular weight is 344 g/mol. The topological polar surface area (TPSA) is 129 Å². The van der Waals surface area contributed by atoms with Crippen molar-refractivity contribution in [3.8, 4) is 0 Å². The van der Waals surface area contributed by atoms with Gasteiger partial charge in [-0.2, -0.15) is 0 Å². The van der Waals surface area contributed by atoms with Crippen LogP contribution < -0.4 is 5.56 Å². The second-order valence-corrected chi connectivity index (χ2v) is 7.14. The van der Waals surface area contributed by atoms with Gasteiger partial charge >= 0.3 is 7.60 Å². The standard InChI is InChI=1S/C12H17N4O6P/c1-20-4-8-7(22-23(2,18)19)3-9(21-8)16-6-15-10-11(16)13-5-14-12(10)17/h5-9H,3-4H2,1-2H3,(H,18,19)(H,13,14,17)/t7?,8-,9-/m1/s1. The van der Waals surface area contributed by atoms with Crippen LogP contribution in [0.1, 0.15) is 12.6 Å². The fourth-order valence-electron chi connectivity index (χ4n) is 2.62. The van der Waals surface area contributed by atoms with Crippen molar-refractivity contribution in [3.05, 3.63) is 23.0 Å². The molecule has 1 fully saturated rings. The summed E-state index contributed by atoms with van der Waals surface area (Å²) in [6, 6.07) is 0. The van der Waals surface area contributed by atoms with Crippen LogP contribution >= 0.6 is 7.60 Å². The van der Waals surface area contributed by atoms with E-state index in [1.165, 1.54) is 19.8 Å². The maximum atomic E-state index is 11.7. The Morgan fingerprint density at radius 2 is 2.35 bits per heavy atom. The lowest BCUT2D eigenvalue weighted by atomic mass is 10.2. The van der Waals surface area contributed by atoms with Crippen LogP contribution in [0.3, 0.4) is 0 Å². The van der Waals surface area contributed by atoms with Crippen LogP contribution in [-0.4, -0.2) is 57.0 Å². The van der Waals surface area contributed by atoms with Crippen LogP contribution in [-0.2, 0) is 18.6 Å². The van der Waals surface area contributed by atoms with Crippen molar-refractivity contribution in [2.75, 3.05) is 20.4 Å². The Balaban J connectivity index is 1.89. The number of H-pyrrole nitrogens is 1. The van der Waals surface area contributed by atoms with Gasteiger partial charge in [-0.1, -0.05) is 0 Å². The van der Waals surface area contributed by atoms with E-state index in [1.807, 2.05) is 0 Å². The number of nitrogens with zero attached hydrogens (tertiary/aromatic N) is 3. The van der Waals surface area contributed by atoms with Gasteiger partial charge in [-0.15, -0.1) is 0 Å². The number of hydrogen-bond acceptors (Lipinski definition) is 7. The van der Waals surface area contributed by atoms with Crippen molar-refractivity contribution in [3.63, 3.8) is 0 Å². The Morgan fingerprint density at radius 3 is 3.04 bits per heavy atom. The van der Waals surface area contributed by atoms with Gasteiger partial charge in [0.05, 0.1) is 25.4 Å². The zero-order valence-corrected chi connectivity index (χ0v) is 13.5. The molecule has 0 bridgehead atoms. The third-order valence-corrected chi connectivity index (χ3v) is 4.18. The van der Waals surface area contributed by atoms with Gasteiger partial charge < -0.3 is 23.9 Å². The monoisotopic (exact) mass is 344 g/mol. The molecule has 0 amide bonds. The summed E-state index contributed by atoms with van der Waals surface area (Å²) in [4.78, 5) is 31.7. The van der Waals surface area contributed by atoms with E-state index < -0.39 is 26.0 Å². The molecule has 1 aliphatic rings. The van der Waals surface area contributed by atoms with Gasteiger partial charge in [0, 0.05) is 20.2 Å². The van der Waals surface area contributed by atoms with E-state index in [0.29, 0.717) is 12.1 Å². The summed E-state index contributed by atoms with van der Waals surface area (Å²) in [6.45, 7) is 1.33. The highest BCUT2D eigenvalue weighted by Gasteiger charge is 2.40. The van der Waals surface area contributed by atoms with Crippen molar-refractivity contribution < 1.29 is 23.5 Å². The van der Waals surface area contributed by atoms with E-state index in [9.17, 15) is 14.3 Å². The zero-order chi connectivity index (χ0) is 16.6. The second-order valence-electron chi connectivity index (χ2n) is 5.32. The zero-order valence-electron chi connectivity index (χ0n) is 12.6. The summed E-state index contributed by atoms with van der Waals surface area (Å²) < 4.78 is 29.3. The molecule has 3 rings (SSSR count). The first kappa shape index (κ1) is 16.3. The Kier molecular flexibility index (Phi) is 4.35. The Hall–Kier alpha value is -1.58. The van der Waals surface area contributed by atoms with E-state index >= 15 is 0 Å². The third kappa shape index (κ3) is 3.36. The van der Waals surface area contributed by atoms with Crippen molar-refractivity contribution >= 4 is 18.8 Å². The van der Waals surface area contributed by atoms with Crippen molar-refractivity contribution in [2.24, 2.45) is 0 Å². The molecule has 4 atom stereocenters. The molecule has 0 aromatic carbocycles. The molecule has 2 aromatic heterocycles. The van der Waals surface area contributed by atoms with Crippen molar-refractivity contribution in [1.29, 1.82) is 0 Å². The summed E-state index contributed by atoms with van der Waals surface area (Å²) in [6.07, 6.45) is 1.41. The first-order chi connectivity index (χ1) is 10.9. The first-order valence-electron chi connectivity index (χ1n) is 6.92. The molecule has 0 saturated carbocycles. The molecule has 1 aliphatic heterocycles. The van der Waals surface area contributed by atoms with Crippen LogP contribution in [0.25, 0.3) is 11.2 Å². The van der Waals surface area contributed by atoms with Crippen LogP contribution in [0.4, 0.5) is 0 Å². The van der Waals surface area contributed by atoms with Gasteiger partial charge in [-0.3, -0.25) is 13.9 Å². The van der Waals surface area contributed by atoms with E-state index in [0.717, 1.165) is 6.66 Å². The summed E-state index contributed by atoms with van der Waals surface area (Å²) in [5.41, 5.74) is 0.229. The van der Waals surface area contributed by atoms with Gasteiger partial charge in [0.2, 0.25) is 0 Å². The molecule has 3 heterocycles. The average Bonchev–Trinajstić information content (AvgIpc) is 3.03. The predicted octanol–water partition coefficient (Wildman–Crippen LogP) is 0.254.